The van der Waals surface area contributed by atoms with Gasteiger partial charge in [0.2, 0.25) is 17.7 Å². The zero-order valence-electron chi connectivity index (χ0n) is 20.1. The van der Waals surface area contributed by atoms with Gasteiger partial charge in [-0.2, -0.15) is 12.6 Å². The Labute approximate surface area is 223 Å². The number of aliphatic carboxylic acids is 1. The zero-order chi connectivity index (χ0) is 27.1. The Hall–Kier alpha value is -2.84. The third-order valence-corrected chi connectivity index (χ3v) is 5.84. The van der Waals surface area contributed by atoms with Crippen molar-refractivity contribution < 1.29 is 33.8 Å². The van der Waals surface area contributed by atoms with Gasteiger partial charge >= 0.3 is 12.1 Å². The van der Waals surface area contributed by atoms with E-state index in [1.54, 1.807) is 24.3 Å². The Kier molecular flexibility index (Phi) is 14.5. The fourth-order valence-electron chi connectivity index (χ4n) is 2.71. The number of amides is 4. The molecule has 0 saturated heterocycles. The molecule has 1 aromatic rings. The second kappa shape index (κ2) is 16.8. The van der Waals surface area contributed by atoms with E-state index in [9.17, 15) is 29.1 Å². The minimum Gasteiger partial charge on any atom is -0.480 e. The van der Waals surface area contributed by atoms with Gasteiger partial charge in [-0.25, -0.2) is 9.59 Å². The number of benzene rings is 1. The number of likely N-dealkylation sites (N-methyl/N-ethyl adjacent to an activating group) is 1. The molecule has 0 bridgehead atoms. The molecule has 4 amide bonds. The topological polar surface area (TPSA) is 166 Å². The Bertz CT molecular complexity index is 919. The van der Waals surface area contributed by atoms with Gasteiger partial charge in [-0.05, 0) is 26.6 Å². The van der Waals surface area contributed by atoms with Crippen molar-refractivity contribution in [2.45, 2.75) is 31.5 Å². The van der Waals surface area contributed by atoms with E-state index in [0.29, 0.717) is 18.7 Å². The summed E-state index contributed by atoms with van der Waals surface area (Å²) in [6.07, 6.45) is -1.47. The maximum absolute atomic E-state index is 12.3. The maximum atomic E-state index is 12.3. The van der Waals surface area contributed by atoms with Crippen molar-refractivity contribution in [2.75, 3.05) is 39.5 Å². The van der Waals surface area contributed by atoms with Crippen LogP contribution in [-0.4, -0.2) is 91.4 Å². The number of thiol groups is 1. The van der Waals surface area contributed by atoms with Crippen molar-refractivity contribution >= 4 is 58.3 Å². The molecule has 0 radical (unpaired) electrons. The van der Waals surface area contributed by atoms with E-state index in [-0.39, 0.29) is 37.7 Å². The summed E-state index contributed by atoms with van der Waals surface area (Å²) in [6, 6.07) is 4.67. The number of halogens is 1. The van der Waals surface area contributed by atoms with Crippen molar-refractivity contribution in [1.29, 1.82) is 0 Å². The number of alkyl carbamates (subject to hydrolysis) is 1. The Morgan fingerprint density at radius 2 is 1.75 bits per heavy atom. The standard InChI is InChI=1S/C22H32BrN5O7S/c1-28(2)10-9-24-19(30)11-25-20(31)17(13-36)26-18(29)8-7-16(21(32)33)27-22(34)35-12-14-5-3-4-6-15(14)23/h3-6,16-17,36H,7-13H2,1-2H3,(H,24,30)(H,25,31)(H,26,29)(H,27,34)(H,32,33)/t16-,17-/m0/s1. The van der Waals surface area contributed by atoms with E-state index in [1.165, 1.54) is 0 Å². The third kappa shape index (κ3) is 12.7. The van der Waals surface area contributed by atoms with Gasteiger partial charge in [-0.15, -0.1) is 0 Å². The highest BCUT2D eigenvalue weighted by Gasteiger charge is 2.24. The molecule has 12 nitrogen and oxygen atoms in total. The molecular formula is C22H32BrN5O7S. The van der Waals surface area contributed by atoms with Crippen LogP contribution in [0, 0.1) is 0 Å². The number of ether oxygens (including phenoxy) is 1. The van der Waals surface area contributed by atoms with Crippen LogP contribution in [0.3, 0.4) is 0 Å². The summed E-state index contributed by atoms with van der Waals surface area (Å²) in [5.74, 6) is -2.98. The van der Waals surface area contributed by atoms with Crippen LogP contribution in [0.5, 0.6) is 0 Å². The average Bonchev–Trinajstić information content (AvgIpc) is 2.82. The van der Waals surface area contributed by atoms with Gasteiger partial charge in [0.05, 0.1) is 6.54 Å². The molecule has 0 aliphatic heterocycles. The van der Waals surface area contributed by atoms with Gasteiger partial charge in [-0.1, -0.05) is 34.1 Å². The lowest BCUT2D eigenvalue weighted by molar-refractivity contribution is -0.139. The molecule has 14 heteroatoms. The van der Waals surface area contributed by atoms with Gasteiger partial charge in [0.15, 0.2) is 0 Å². The minimum atomic E-state index is -1.38. The molecule has 200 valence electrons. The molecule has 36 heavy (non-hydrogen) atoms. The number of nitrogens with one attached hydrogen (secondary N) is 4. The molecule has 0 spiro atoms. The van der Waals surface area contributed by atoms with Gasteiger partial charge in [-0.3, -0.25) is 14.4 Å². The number of carboxylic acid groups (broad SMARTS) is 1. The first-order chi connectivity index (χ1) is 17.0. The largest absolute Gasteiger partial charge is 0.480 e. The molecule has 0 unspecified atom stereocenters. The molecule has 1 rings (SSSR count). The second-order valence-corrected chi connectivity index (χ2v) is 9.13. The highest BCUT2D eigenvalue weighted by molar-refractivity contribution is 9.10. The fourth-order valence-corrected chi connectivity index (χ4v) is 3.36. The SMILES string of the molecule is CN(C)CCNC(=O)CNC(=O)[C@H](CS)NC(=O)CC[C@H](NC(=O)OCc1ccccc1Br)C(=O)O. The summed E-state index contributed by atoms with van der Waals surface area (Å²) in [6.45, 7) is 0.722. The highest BCUT2D eigenvalue weighted by atomic mass is 79.9. The number of carboxylic acids is 1. The summed E-state index contributed by atoms with van der Waals surface area (Å²) in [5.41, 5.74) is 0.695. The normalized spacial score (nSPS) is 12.2. The quantitative estimate of drug-likeness (QED) is 0.157. The molecule has 0 aliphatic carbocycles. The van der Waals surface area contributed by atoms with Crippen LogP contribution in [0.1, 0.15) is 18.4 Å². The number of nitrogens with zero attached hydrogens (tertiary/aromatic N) is 1. The van der Waals surface area contributed by atoms with Gasteiger partial charge in [0.1, 0.15) is 18.7 Å². The van der Waals surface area contributed by atoms with Crippen LogP contribution in [-0.2, 0) is 30.5 Å². The molecule has 0 aromatic heterocycles. The van der Waals surface area contributed by atoms with Crippen molar-refractivity contribution in [1.82, 2.24) is 26.2 Å². The van der Waals surface area contributed by atoms with E-state index in [1.807, 2.05) is 19.0 Å². The Morgan fingerprint density at radius 1 is 1.06 bits per heavy atom. The Balaban J connectivity index is 2.45. The predicted molar refractivity (Wildman–Crippen MR) is 138 cm³/mol. The molecule has 0 fully saturated rings. The number of hydrogen-bond donors (Lipinski definition) is 6. The van der Waals surface area contributed by atoms with Crippen molar-refractivity contribution in [3.63, 3.8) is 0 Å². The van der Waals surface area contributed by atoms with E-state index in [0.717, 1.165) is 4.47 Å². The molecule has 5 N–H and O–H groups in total. The second-order valence-electron chi connectivity index (χ2n) is 7.92. The molecular weight excluding hydrogens is 558 g/mol. The third-order valence-electron chi connectivity index (χ3n) is 4.71. The molecule has 2 atom stereocenters. The summed E-state index contributed by atoms with van der Waals surface area (Å²) >= 11 is 7.37. The molecule has 0 aliphatic rings. The first kappa shape index (κ1) is 31.2. The summed E-state index contributed by atoms with van der Waals surface area (Å²) in [5, 5.41) is 19.1. The molecule has 0 heterocycles. The first-order valence-corrected chi connectivity index (χ1v) is 12.4. The average molecular weight is 590 g/mol. The number of carbonyl (C=O) groups is 5. The lowest BCUT2D eigenvalue weighted by Crippen LogP contribution is -2.50. The van der Waals surface area contributed by atoms with Gasteiger partial charge in [0, 0.05) is 35.3 Å². The van der Waals surface area contributed by atoms with E-state index in [4.69, 9.17) is 4.74 Å². The predicted octanol–water partition coefficient (Wildman–Crippen LogP) is 0.117. The molecule has 0 saturated carbocycles. The lowest BCUT2D eigenvalue weighted by atomic mass is 10.1. The first-order valence-electron chi connectivity index (χ1n) is 11.0. The maximum Gasteiger partial charge on any atom is 0.408 e. The van der Waals surface area contributed by atoms with Crippen LogP contribution >= 0.6 is 28.6 Å². The summed E-state index contributed by atoms with van der Waals surface area (Å²) < 4.78 is 5.78. The highest BCUT2D eigenvalue weighted by Crippen LogP contribution is 2.16. The fraction of sp³-hybridized carbons (Fsp3) is 0.500. The number of rotatable bonds is 15. The van der Waals surface area contributed by atoms with Crippen LogP contribution in [0.25, 0.3) is 0 Å². The van der Waals surface area contributed by atoms with Crippen molar-refractivity contribution in [3.8, 4) is 0 Å². The number of carbonyl (C=O) groups excluding carboxylic acids is 4. The van der Waals surface area contributed by atoms with E-state index in [2.05, 4.69) is 49.8 Å². The van der Waals surface area contributed by atoms with Crippen molar-refractivity contribution in [3.05, 3.63) is 34.3 Å². The summed E-state index contributed by atoms with van der Waals surface area (Å²) in [4.78, 5) is 61.7. The zero-order valence-corrected chi connectivity index (χ0v) is 22.6. The van der Waals surface area contributed by atoms with E-state index >= 15 is 0 Å². The minimum absolute atomic E-state index is 0.0399. The van der Waals surface area contributed by atoms with Crippen LogP contribution in [0.4, 0.5) is 4.79 Å². The van der Waals surface area contributed by atoms with Crippen LogP contribution in [0.2, 0.25) is 0 Å². The monoisotopic (exact) mass is 589 g/mol. The summed E-state index contributed by atoms with van der Waals surface area (Å²) in [7, 11) is 3.72. The van der Waals surface area contributed by atoms with Crippen LogP contribution in [0.15, 0.2) is 28.7 Å². The Morgan fingerprint density at radius 3 is 2.36 bits per heavy atom. The lowest BCUT2D eigenvalue weighted by Gasteiger charge is -2.18. The molecule has 1 aromatic carbocycles. The van der Waals surface area contributed by atoms with Crippen LogP contribution < -0.4 is 21.3 Å². The smallest absolute Gasteiger partial charge is 0.408 e. The van der Waals surface area contributed by atoms with Crippen molar-refractivity contribution in [2.24, 2.45) is 0 Å². The number of hydrogen-bond acceptors (Lipinski definition) is 8. The van der Waals surface area contributed by atoms with Gasteiger partial charge in [0.25, 0.3) is 0 Å². The van der Waals surface area contributed by atoms with Gasteiger partial charge < -0.3 is 36.0 Å². The van der Waals surface area contributed by atoms with E-state index < -0.39 is 36.0 Å².